The Balaban J connectivity index is 1.40. The average Bonchev–Trinajstić information content (AvgIpc) is 3.07. The Kier molecular flexibility index (Phi) is 5.61. The molecule has 0 spiro atoms. The number of aromatic carboxylic acids is 1. The molecule has 156 valence electrons. The van der Waals surface area contributed by atoms with Gasteiger partial charge in [0.2, 0.25) is 5.91 Å². The van der Waals surface area contributed by atoms with E-state index < -0.39 is 5.97 Å². The van der Waals surface area contributed by atoms with Gasteiger partial charge in [-0.25, -0.2) is 4.79 Å². The topological polar surface area (TPSA) is 69.0 Å². The smallest absolute Gasteiger partial charge is 0.352 e. The fourth-order valence-electron chi connectivity index (χ4n) is 4.70. The van der Waals surface area contributed by atoms with E-state index in [0.29, 0.717) is 11.6 Å². The Bertz CT molecular complexity index is 906. The highest BCUT2D eigenvalue weighted by Crippen LogP contribution is 2.26. The maximum atomic E-state index is 12.8. The number of para-hydroxylation sites is 1. The number of piperazine rings is 1. The predicted molar refractivity (Wildman–Crippen MR) is 112 cm³/mol. The first kappa shape index (κ1) is 19.9. The fourth-order valence-corrected chi connectivity index (χ4v) is 4.70. The number of aryl methyl sites for hydroxylation is 1. The van der Waals surface area contributed by atoms with Gasteiger partial charge in [0.05, 0.1) is 5.52 Å². The number of aromatic nitrogens is 1. The number of carbonyl (C=O) groups excluding carboxylic acids is 1. The average molecular weight is 399 g/mol. The minimum absolute atomic E-state index is 0.138. The molecule has 4 rings (SSSR count). The van der Waals surface area contributed by atoms with E-state index >= 15 is 0 Å². The number of amides is 1. The lowest BCUT2D eigenvalue weighted by atomic mass is 9.94. The lowest BCUT2D eigenvalue weighted by Gasteiger charge is -2.37. The second kappa shape index (κ2) is 8.16. The number of rotatable bonds is 4. The summed E-state index contributed by atoms with van der Waals surface area (Å²) in [6.07, 6.45) is 1.79. The van der Waals surface area contributed by atoms with Crippen LogP contribution in [0.1, 0.15) is 28.9 Å². The molecule has 2 fully saturated rings. The van der Waals surface area contributed by atoms with E-state index in [9.17, 15) is 14.7 Å². The molecule has 3 heterocycles. The summed E-state index contributed by atoms with van der Waals surface area (Å²) in [6, 6.07) is 7.77. The number of carboxylic acids is 1. The van der Waals surface area contributed by atoms with Gasteiger partial charge < -0.3 is 19.5 Å². The van der Waals surface area contributed by atoms with Gasteiger partial charge in [0.15, 0.2) is 0 Å². The van der Waals surface area contributed by atoms with Crippen LogP contribution in [0.2, 0.25) is 0 Å². The number of hydrogen-bond acceptors (Lipinski definition) is 4. The van der Waals surface area contributed by atoms with Gasteiger partial charge in [0, 0.05) is 51.1 Å². The van der Waals surface area contributed by atoms with Crippen LogP contribution in [0.3, 0.4) is 0 Å². The molecule has 7 heteroatoms. The molecule has 1 N–H and O–H groups in total. The Morgan fingerprint density at radius 2 is 1.72 bits per heavy atom. The summed E-state index contributed by atoms with van der Waals surface area (Å²) in [5.41, 5.74) is 2.44. The van der Waals surface area contributed by atoms with Gasteiger partial charge in [-0.3, -0.25) is 9.69 Å². The third kappa shape index (κ3) is 4.02. The number of benzene rings is 1. The lowest BCUT2D eigenvalue weighted by molar-refractivity contribution is -0.138. The third-order valence-electron chi connectivity index (χ3n) is 6.50. The van der Waals surface area contributed by atoms with Gasteiger partial charge in [-0.2, -0.15) is 0 Å². The molecular weight excluding hydrogens is 368 g/mol. The Labute approximate surface area is 171 Å². The molecule has 0 radical (unpaired) electrons. The van der Waals surface area contributed by atoms with Crippen molar-refractivity contribution in [1.82, 2.24) is 19.3 Å². The van der Waals surface area contributed by atoms with E-state index in [1.54, 1.807) is 10.6 Å². The monoisotopic (exact) mass is 398 g/mol. The zero-order valence-electron chi connectivity index (χ0n) is 17.3. The zero-order valence-corrected chi connectivity index (χ0v) is 17.3. The molecule has 0 bridgehead atoms. The molecule has 0 saturated carbocycles. The highest BCUT2D eigenvalue weighted by atomic mass is 16.4. The number of piperidine rings is 1. The Morgan fingerprint density at radius 3 is 2.38 bits per heavy atom. The van der Waals surface area contributed by atoms with Crippen LogP contribution in [0.15, 0.2) is 24.3 Å². The van der Waals surface area contributed by atoms with Gasteiger partial charge >= 0.3 is 5.97 Å². The maximum Gasteiger partial charge on any atom is 0.352 e. The summed E-state index contributed by atoms with van der Waals surface area (Å²) in [5, 5.41) is 10.4. The first-order valence-electron chi connectivity index (χ1n) is 10.4. The molecule has 0 atom stereocenters. The van der Waals surface area contributed by atoms with Crippen molar-refractivity contribution < 1.29 is 14.7 Å². The molecular formula is C22H30N4O3. The summed E-state index contributed by atoms with van der Waals surface area (Å²) in [6.45, 7) is 6.19. The van der Waals surface area contributed by atoms with Crippen LogP contribution in [0.25, 0.3) is 10.9 Å². The van der Waals surface area contributed by atoms with E-state index in [1.165, 1.54) is 0 Å². The maximum absolute atomic E-state index is 12.8. The summed E-state index contributed by atoms with van der Waals surface area (Å²) in [4.78, 5) is 31.0. The molecule has 1 aromatic heterocycles. The van der Waals surface area contributed by atoms with Gasteiger partial charge in [0.1, 0.15) is 5.69 Å². The number of likely N-dealkylation sites (N-methyl/N-ethyl adjacent to an activating group) is 1. The molecule has 7 nitrogen and oxygen atoms in total. The standard InChI is InChI=1S/C22H30N4O3/c1-23-10-12-26(13-11-23)21(27)16-6-8-25(9-7-16)15-18-5-3-4-17-14-19(22(28)29)24(2)20(17)18/h3-5,14,16H,6-13,15H2,1-2H3,(H,28,29). The normalized spacial score (nSPS) is 19.7. The van der Waals surface area contributed by atoms with Gasteiger partial charge in [-0.05, 0) is 44.6 Å². The Morgan fingerprint density at radius 1 is 1.03 bits per heavy atom. The number of fused-ring (bicyclic) bond motifs is 1. The van der Waals surface area contributed by atoms with Crippen molar-refractivity contribution in [2.45, 2.75) is 19.4 Å². The van der Waals surface area contributed by atoms with Crippen LogP contribution in [0.4, 0.5) is 0 Å². The van der Waals surface area contributed by atoms with Gasteiger partial charge in [0.25, 0.3) is 0 Å². The molecule has 2 aliphatic rings. The number of likely N-dealkylation sites (tertiary alicyclic amines) is 1. The van der Waals surface area contributed by atoms with Crippen LogP contribution in [0, 0.1) is 5.92 Å². The summed E-state index contributed by atoms with van der Waals surface area (Å²) in [5.74, 6) is -0.439. The van der Waals surface area contributed by atoms with E-state index in [2.05, 4.69) is 22.9 Å². The van der Waals surface area contributed by atoms with Crippen molar-refractivity contribution >= 4 is 22.8 Å². The van der Waals surface area contributed by atoms with Crippen molar-refractivity contribution in [1.29, 1.82) is 0 Å². The van der Waals surface area contributed by atoms with Crippen molar-refractivity contribution in [3.05, 3.63) is 35.5 Å². The highest BCUT2D eigenvalue weighted by Gasteiger charge is 2.30. The summed E-state index contributed by atoms with van der Waals surface area (Å²) >= 11 is 0. The van der Waals surface area contributed by atoms with Crippen LogP contribution in [-0.4, -0.2) is 82.6 Å². The largest absolute Gasteiger partial charge is 0.477 e. The molecule has 1 amide bonds. The van der Waals surface area contributed by atoms with E-state index in [4.69, 9.17) is 0 Å². The van der Waals surface area contributed by atoms with Crippen molar-refractivity contribution in [3.8, 4) is 0 Å². The number of carbonyl (C=O) groups is 2. The van der Waals surface area contributed by atoms with Gasteiger partial charge in [-0.15, -0.1) is 0 Å². The molecule has 29 heavy (non-hydrogen) atoms. The molecule has 0 aliphatic carbocycles. The quantitative estimate of drug-likeness (QED) is 0.852. The summed E-state index contributed by atoms with van der Waals surface area (Å²) in [7, 11) is 3.92. The summed E-state index contributed by atoms with van der Waals surface area (Å²) < 4.78 is 1.77. The van der Waals surface area contributed by atoms with Crippen molar-refractivity contribution in [2.75, 3.05) is 46.3 Å². The van der Waals surface area contributed by atoms with Crippen LogP contribution < -0.4 is 0 Å². The van der Waals surface area contributed by atoms with E-state index in [0.717, 1.165) is 75.1 Å². The van der Waals surface area contributed by atoms with Crippen molar-refractivity contribution in [2.24, 2.45) is 13.0 Å². The molecule has 2 aliphatic heterocycles. The number of carboxylic acid groups (broad SMARTS) is 1. The first-order valence-corrected chi connectivity index (χ1v) is 10.4. The second-order valence-electron chi connectivity index (χ2n) is 8.43. The second-order valence-corrected chi connectivity index (χ2v) is 8.43. The third-order valence-corrected chi connectivity index (χ3v) is 6.50. The van der Waals surface area contributed by atoms with Crippen molar-refractivity contribution in [3.63, 3.8) is 0 Å². The zero-order chi connectivity index (χ0) is 20.5. The van der Waals surface area contributed by atoms with E-state index in [-0.39, 0.29) is 5.92 Å². The minimum Gasteiger partial charge on any atom is -0.477 e. The molecule has 0 unspecified atom stereocenters. The number of hydrogen-bond donors (Lipinski definition) is 1. The SMILES string of the molecule is CN1CCN(C(=O)C2CCN(Cc3cccc4cc(C(=O)O)n(C)c34)CC2)CC1. The van der Waals surface area contributed by atoms with Crippen LogP contribution >= 0.6 is 0 Å². The van der Waals surface area contributed by atoms with Gasteiger partial charge in [-0.1, -0.05) is 18.2 Å². The minimum atomic E-state index is -0.905. The van der Waals surface area contributed by atoms with Crippen LogP contribution in [-0.2, 0) is 18.4 Å². The fraction of sp³-hybridized carbons (Fsp3) is 0.545. The molecule has 2 aromatic rings. The molecule has 1 aromatic carbocycles. The first-order chi connectivity index (χ1) is 13.9. The molecule has 2 saturated heterocycles. The van der Waals surface area contributed by atoms with Crippen LogP contribution in [0.5, 0.6) is 0 Å². The van der Waals surface area contributed by atoms with E-state index in [1.807, 2.05) is 24.1 Å². The Hall–Kier alpha value is -2.38. The number of nitrogens with zero attached hydrogens (tertiary/aromatic N) is 4. The lowest BCUT2D eigenvalue weighted by Crippen LogP contribution is -2.50. The predicted octanol–water partition coefficient (Wildman–Crippen LogP) is 1.86. The highest BCUT2D eigenvalue weighted by molar-refractivity contribution is 5.95.